The number of piperidine rings is 1. The lowest BCUT2D eigenvalue weighted by Gasteiger charge is -2.22. The Hall–Kier alpha value is -1.20. The van der Waals surface area contributed by atoms with Crippen molar-refractivity contribution in [1.82, 2.24) is 15.1 Å². The molecule has 0 unspecified atom stereocenters. The summed E-state index contributed by atoms with van der Waals surface area (Å²) < 4.78 is 7.74. The van der Waals surface area contributed by atoms with Crippen molar-refractivity contribution in [3.63, 3.8) is 0 Å². The van der Waals surface area contributed by atoms with Gasteiger partial charge in [0.15, 0.2) is 5.78 Å². The molecule has 3 rings (SSSR count). The Balaban J connectivity index is 1.43. The largest absolute Gasteiger partial charge is 0.370 e. The average Bonchev–Trinajstić information content (AvgIpc) is 3.17. The molecule has 0 radical (unpaired) electrons. The van der Waals surface area contributed by atoms with Crippen LogP contribution in [0.15, 0.2) is 12.3 Å². The van der Waals surface area contributed by atoms with E-state index in [1.807, 2.05) is 16.9 Å². The van der Waals surface area contributed by atoms with Crippen LogP contribution in [0.3, 0.4) is 0 Å². The molecule has 0 bridgehead atoms. The summed E-state index contributed by atoms with van der Waals surface area (Å²) in [7, 11) is 0. The molecule has 5 heteroatoms. The first-order valence-corrected chi connectivity index (χ1v) is 8.19. The molecule has 1 N–H and O–H groups in total. The van der Waals surface area contributed by atoms with Gasteiger partial charge in [-0.25, -0.2) is 0 Å². The van der Waals surface area contributed by atoms with Gasteiger partial charge in [-0.05, 0) is 44.8 Å². The molecule has 0 spiro atoms. The molecule has 116 valence electrons. The van der Waals surface area contributed by atoms with E-state index in [4.69, 9.17) is 4.74 Å². The standard InChI is InChI=1S/C16H25N3O2/c20-15(12-21-16-5-8-17-9-6-16)11-13-7-10-19(18-13)14-3-1-2-4-14/h7,10,14,16-17H,1-6,8-9,11-12H2. The lowest BCUT2D eigenvalue weighted by Crippen LogP contribution is -2.33. The van der Waals surface area contributed by atoms with Crippen LogP contribution >= 0.6 is 0 Å². The van der Waals surface area contributed by atoms with Crippen LogP contribution in [0.5, 0.6) is 0 Å². The van der Waals surface area contributed by atoms with E-state index in [1.54, 1.807) is 0 Å². The third kappa shape index (κ3) is 4.14. The minimum absolute atomic E-state index is 0.130. The zero-order valence-electron chi connectivity index (χ0n) is 12.6. The number of Topliss-reactive ketones (excluding diaryl/α,β-unsaturated/α-hetero) is 1. The van der Waals surface area contributed by atoms with Crippen LogP contribution in [0.1, 0.15) is 50.3 Å². The summed E-state index contributed by atoms with van der Waals surface area (Å²) in [6.07, 6.45) is 9.68. The van der Waals surface area contributed by atoms with Crippen molar-refractivity contribution >= 4 is 5.78 Å². The van der Waals surface area contributed by atoms with Gasteiger partial charge in [0.05, 0.1) is 24.3 Å². The Kier molecular flexibility index (Phi) is 5.04. The van der Waals surface area contributed by atoms with Crippen LogP contribution in [-0.2, 0) is 16.0 Å². The third-order valence-electron chi connectivity index (χ3n) is 4.51. The molecule has 1 aliphatic heterocycles. The van der Waals surface area contributed by atoms with Gasteiger partial charge in [0.2, 0.25) is 0 Å². The Morgan fingerprint density at radius 3 is 2.81 bits per heavy atom. The second-order valence-corrected chi connectivity index (χ2v) is 6.20. The molecule has 0 amide bonds. The molecule has 1 aromatic heterocycles. The van der Waals surface area contributed by atoms with E-state index in [1.165, 1.54) is 25.7 Å². The summed E-state index contributed by atoms with van der Waals surface area (Å²) in [6.45, 7) is 2.20. The number of ether oxygens (including phenoxy) is 1. The molecular formula is C16H25N3O2. The molecule has 5 nitrogen and oxygen atoms in total. The van der Waals surface area contributed by atoms with Gasteiger partial charge < -0.3 is 10.1 Å². The summed E-state index contributed by atoms with van der Waals surface area (Å²) in [5, 5.41) is 7.85. The minimum atomic E-state index is 0.130. The zero-order valence-corrected chi connectivity index (χ0v) is 12.6. The number of carbonyl (C=O) groups is 1. The van der Waals surface area contributed by atoms with E-state index >= 15 is 0 Å². The van der Waals surface area contributed by atoms with Gasteiger partial charge >= 0.3 is 0 Å². The molecule has 21 heavy (non-hydrogen) atoms. The van der Waals surface area contributed by atoms with Gasteiger partial charge in [-0.3, -0.25) is 9.48 Å². The third-order valence-corrected chi connectivity index (χ3v) is 4.51. The maximum Gasteiger partial charge on any atom is 0.164 e. The molecule has 0 atom stereocenters. The molecular weight excluding hydrogens is 266 g/mol. The monoisotopic (exact) mass is 291 g/mol. The number of nitrogens with one attached hydrogen (secondary N) is 1. The highest BCUT2D eigenvalue weighted by atomic mass is 16.5. The van der Waals surface area contributed by atoms with E-state index < -0.39 is 0 Å². The molecule has 2 fully saturated rings. The maximum absolute atomic E-state index is 12.0. The van der Waals surface area contributed by atoms with E-state index in [9.17, 15) is 4.79 Å². The molecule has 1 saturated carbocycles. The number of ketones is 1. The fourth-order valence-corrected chi connectivity index (χ4v) is 3.27. The van der Waals surface area contributed by atoms with Gasteiger partial charge in [-0.2, -0.15) is 5.10 Å². The van der Waals surface area contributed by atoms with Gasteiger partial charge in [0.25, 0.3) is 0 Å². The molecule has 1 aromatic rings. The molecule has 0 aromatic carbocycles. The van der Waals surface area contributed by atoms with E-state index in [0.717, 1.165) is 31.6 Å². The predicted octanol–water partition coefficient (Wildman–Crippen LogP) is 1.88. The Morgan fingerprint density at radius 2 is 2.05 bits per heavy atom. The Bertz CT molecular complexity index is 460. The Labute approximate surface area is 126 Å². The zero-order chi connectivity index (χ0) is 14.5. The second kappa shape index (κ2) is 7.18. The predicted molar refractivity (Wildman–Crippen MR) is 80.3 cm³/mol. The topological polar surface area (TPSA) is 56.1 Å². The fourth-order valence-electron chi connectivity index (χ4n) is 3.27. The number of carbonyl (C=O) groups excluding carboxylic acids is 1. The van der Waals surface area contributed by atoms with E-state index in [0.29, 0.717) is 12.5 Å². The van der Waals surface area contributed by atoms with Crippen molar-refractivity contribution < 1.29 is 9.53 Å². The van der Waals surface area contributed by atoms with Crippen LogP contribution in [0.4, 0.5) is 0 Å². The normalized spacial score (nSPS) is 21.0. The van der Waals surface area contributed by atoms with Crippen LogP contribution in [0, 0.1) is 0 Å². The minimum Gasteiger partial charge on any atom is -0.370 e. The van der Waals surface area contributed by atoms with Gasteiger partial charge in [0.1, 0.15) is 6.61 Å². The number of hydrogen-bond donors (Lipinski definition) is 1. The number of hydrogen-bond acceptors (Lipinski definition) is 4. The van der Waals surface area contributed by atoms with E-state index in [2.05, 4.69) is 10.4 Å². The highest BCUT2D eigenvalue weighted by Gasteiger charge is 2.19. The number of nitrogens with zero attached hydrogens (tertiary/aromatic N) is 2. The highest BCUT2D eigenvalue weighted by Crippen LogP contribution is 2.28. The fraction of sp³-hybridized carbons (Fsp3) is 0.750. The lowest BCUT2D eigenvalue weighted by atomic mass is 10.1. The van der Waals surface area contributed by atoms with Crippen LogP contribution in [-0.4, -0.2) is 41.4 Å². The quantitative estimate of drug-likeness (QED) is 0.869. The van der Waals surface area contributed by atoms with Crippen molar-refractivity contribution in [1.29, 1.82) is 0 Å². The first-order valence-electron chi connectivity index (χ1n) is 8.19. The summed E-state index contributed by atoms with van der Waals surface area (Å²) in [5.74, 6) is 0.130. The summed E-state index contributed by atoms with van der Waals surface area (Å²) in [6, 6.07) is 2.51. The van der Waals surface area contributed by atoms with Gasteiger partial charge in [-0.15, -0.1) is 0 Å². The lowest BCUT2D eigenvalue weighted by molar-refractivity contribution is -0.125. The maximum atomic E-state index is 12.0. The van der Waals surface area contributed by atoms with Crippen molar-refractivity contribution in [2.75, 3.05) is 19.7 Å². The first-order chi connectivity index (χ1) is 10.3. The molecule has 2 heterocycles. The summed E-state index contributed by atoms with van der Waals surface area (Å²) >= 11 is 0. The van der Waals surface area contributed by atoms with Crippen molar-refractivity contribution in [3.05, 3.63) is 18.0 Å². The number of aromatic nitrogens is 2. The van der Waals surface area contributed by atoms with Crippen LogP contribution in [0.2, 0.25) is 0 Å². The first kappa shape index (κ1) is 14.7. The average molecular weight is 291 g/mol. The highest BCUT2D eigenvalue weighted by molar-refractivity contribution is 5.81. The van der Waals surface area contributed by atoms with Gasteiger partial charge in [-0.1, -0.05) is 12.8 Å². The number of rotatable bonds is 6. The molecule has 2 aliphatic rings. The molecule has 1 aliphatic carbocycles. The van der Waals surface area contributed by atoms with Crippen molar-refractivity contribution in [3.8, 4) is 0 Å². The van der Waals surface area contributed by atoms with Gasteiger partial charge in [0, 0.05) is 6.20 Å². The Morgan fingerprint density at radius 1 is 1.29 bits per heavy atom. The smallest absolute Gasteiger partial charge is 0.164 e. The van der Waals surface area contributed by atoms with E-state index in [-0.39, 0.29) is 18.5 Å². The second-order valence-electron chi connectivity index (χ2n) is 6.20. The summed E-state index contributed by atoms with van der Waals surface area (Å²) in [5.41, 5.74) is 0.876. The van der Waals surface area contributed by atoms with Crippen molar-refractivity contribution in [2.24, 2.45) is 0 Å². The van der Waals surface area contributed by atoms with Crippen LogP contribution in [0.25, 0.3) is 0 Å². The molecule has 1 saturated heterocycles. The SMILES string of the molecule is O=C(COC1CCNCC1)Cc1ccn(C2CCCC2)n1. The summed E-state index contributed by atoms with van der Waals surface area (Å²) in [4.78, 5) is 12.0. The van der Waals surface area contributed by atoms with Crippen molar-refractivity contribution in [2.45, 2.75) is 57.1 Å². The van der Waals surface area contributed by atoms with Crippen LogP contribution < -0.4 is 5.32 Å².